The smallest absolute Gasteiger partial charge is 0.249 e. The van der Waals surface area contributed by atoms with Crippen molar-refractivity contribution in [3.63, 3.8) is 0 Å². The van der Waals surface area contributed by atoms with E-state index in [-0.39, 0.29) is 5.56 Å². The summed E-state index contributed by atoms with van der Waals surface area (Å²) in [4.78, 5) is 18.2. The zero-order chi connectivity index (χ0) is 14.8. The highest BCUT2D eigenvalue weighted by atomic mass is 16.1. The monoisotopic (exact) mass is 272 g/mol. The number of benzene rings is 1. The van der Waals surface area contributed by atoms with Crippen molar-refractivity contribution in [2.45, 2.75) is 6.92 Å². The van der Waals surface area contributed by atoms with Crippen LogP contribution >= 0.6 is 0 Å². The van der Waals surface area contributed by atoms with Crippen molar-refractivity contribution in [1.29, 1.82) is 0 Å². The number of hydrogen-bond donors (Lipinski definition) is 1. The first-order valence-electron chi connectivity index (χ1n) is 6.70. The van der Waals surface area contributed by atoms with Gasteiger partial charge in [0.2, 0.25) is 5.56 Å². The molecule has 0 saturated heterocycles. The Morgan fingerprint density at radius 1 is 1.14 bits per heavy atom. The van der Waals surface area contributed by atoms with Gasteiger partial charge in [-0.2, -0.15) is 0 Å². The maximum Gasteiger partial charge on any atom is 0.249 e. The molecule has 0 fully saturated rings. The molecule has 1 aromatic carbocycles. The average molecular weight is 272 g/mol. The zero-order valence-electron chi connectivity index (χ0n) is 11.9. The summed E-state index contributed by atoms with van der Waals surface area (Å²) < 4.78 is 0. The third kappa shape index (κ3) is 2.87. The number of nitrogens with one attached hydrogen (secondary N) is 1. The lowest BCUT2D eigenvalue weighted by molar-refractivity contribution is 1.23. The number of fused-ring (bicyclic) bond motifs is 1. The van der Waals surface area contributed by atoms with Crippen LogP contribution in [0.4, 0.5) is 0 Å². The molecule has 1 N–H and O–H groups in total. The summed E-state index contributed by atoms with van der Waals surface area (Å²) in [6.45, 7) is 2.05. The minimum Gasteiger partial charge on any atom is -0.307 e. The van der Waals surface area contributed by atoms with Crippen LogP contribution in [0.15, 0.2) is 47.4 Å². The average Bonchev–Trinajstić information content (AvgIpc) is 2.48. The van der Waals surface area contributed by atoms with Gasteiger partial charge in [0.15, 0.2) is 0 Å². The Labute approximate surface area is 123 Å². The molecule has 4 heteroatoms. The van der Waals surface area contributed by atoms with Crippen molar-refractivity contribution in [2.75, 3.05) is 0 Å². The molecule has 3 rings (SSSR count). The van der Waals surface area contributed by atoms with E-state index in [1.54, 1.807) is 12.3 Å². The van der Waals surface area contributed by atoms with Gasteiger partial charge in [-0.3, -0.25) is 4.79 Å². The SMILES string of the molecule is Bc1ccc(C)c(C#Cc2cnc3[nH]c(=O)ccc3c2)c1. The number of rotatable bonds is 0. The Kier molecular flexibility index (Phi) is 3.33. The minimum atomic E-state index is -0.149. The van der Waals surface area contributed by atoms with Gasteiger partial charge in [-0.1, -0.05) is 35.5 Å². The first-order valence-corrected chi connectivity index (χ1v) is 6.70. The molecular formula is C17H13BN2O. The van der Waals surface area contributed by atoms with Crippen LogP contribution in [0, 0.1) is 18.8 Å². The Hall–Kier alpha value is -2.80. The first-order chi connectivity index (χ1) is 10.1. The quantitative estimate of drug-likeness (QED) is 0.488. The highest BCUT2D eigenvalue weighted by Gasteiger charge is 1.98. The number of hydrogen-bond acceptors (Lipinski definition) is 2. The van der Waals surface area contributed by atoms with Crippen LogP contribution in [0.1, 0.15) is 16.7 Å². The molecule has 0 unspecified atom stereocenters. The predicted molar refractivity (Wildman–Crippen MR) is 87.7 cm³/mol. The van der Waals surface area contributed by atoms with E-state index in [2.05, 4.69) is 47.9 Å². The minimum absolute atomic E-state index is 0.149. The number of nitrogens with zero attached hydrogens (tertiary/aromatic N) is 1. The van der Waals surface area contributed by atoms with Crippen LogP contribution in [-0.2, 0) is 0 Å². The second-order valence-electron chi connectivity index (χ2n) is 5.05. The molecule has 2 aromatic heterocycles. The van der Waals surface area contributed by atoms with Crippen LogP contribution in [0.3, 0.4) is 0 Å². The van der Waals surface area contributed by atoms with Crippen molar-refractivity contribution in [3.8, 4) is 11.8 Å². The molecule has 0 spiro atoms. The van der Waals surface area contributed by atoms with E-state index in [0.717, 1.165) is 22.1 Å². The molecule has 3 nitrogen and oxygen atoms in total. The molecule has 0 aliphatic rings. The summed E-state index contributed by atoms with van der Waals surface area (Å²) in [7, 11) is 2.05. The summed E-state index contributed by atoms with van der Waals surface area (Å²) >= 11 is 0. The lowest BCUT2D eigenvalue weighted by Crippen LogP contribution is -2.03. The molecule has 2 heterocycles. The van der Waals surface area contributed by atoms with Gasteiger partial charge in [-0.05, 0) is 24.6 Å². The van der Waals surface area contributed by atoms with Crippen molar-refractivity contribution in [1.82, 2.24) is 9.97 Å². The fourth-order valence-electron chi connectivity index (χ4n) is 2.12. The van der Waals surface area contributed by atoms with E-state index in [0.29, 0.717) is 5.65 Å². The van der Waals surface area contributed by atoms with Gasteiger partial charge in [0.25, 0.3) is 0 Å². The maximum atomic E-state index is 11.2. The molecule has 0 atom stereocenters. The largest absolute Gasteiger partial charge is 0.307 e. The summed E-state index contributed by atoms with van der Waals surface area (Å²) in [5.74, 6) is 6.32. The third-order valence-electron chi connectivity index (χ3n) is 3.31. The van der Waals surface area contributed by atoms with Crippen LogP contribution in [0.2, 0.25) is 0 Å². The van der Waals surface area contributed by atoms with Crippen LogP contribution in [0.5, 0.6) is 0 Å². The topological polar surface area (TPSA) is 45.8 Å². The highest BCUT2D eigenvalue weighted by molar-refractivity contribution is 6.32. The van der Waals surface area contributed by atoms with E-state index in [1.807, 2.05) is 13.0 Å². The Morgan fingerprint density at radius 2 is 2.00 bits per heavy atom. The number of pyridine rings is 2. The fourth-order valence-corrected chi connectivity index (χ4v) is 2.12. The standard InChI is InChI=1S/C17H13BN2O/c1-11-2-6-15(18)9-13(11)4-3-12-8-14-5-7-16(21)20-17(14)19-10-12/h2,5-10H,18H2,1H3,(H,19,20,21). The van der Waals surface area contributed by atoms with Gasteiger partial charge in [0.1, 0.15) is 13.5 Å². The van der Waals surface area contributed by atoms with Gasteiger partial charge in [-0.15, -0.1) is 0 Å². The molecule has 0 amide bonds. The van der Waals surface area contributed by atoms with Crippen molar-refractivity contribution in [3.05, 3.63) is 69.6 Å². The van der Waals surface area contributed by atoms with Gasteiger partial charge < -0.3 is 4.98 Å². The van der Waals surface area contributed by atoms with E-state index < -0.39 is 0 Å². The Morgan fingerprint density at radius 3 is 2.86 bits per heavy atom. The molecule has 21 heavy (non-hydrogen) atoms. The van der Waals surface area contributed by atoms with Crippen molar-refractivity contribution >= 4 is 24.3 Å². The Bertz CT molecular complexity index is 948. The van der Waals surface area contributed by atoms with E-state index in [1.165, 1.54) is 11.5 Å². The van der Waals surface area contributed by atoms with Gasteiger partial charge >= 0.3 is 0 Å². The number of aromatic nitrogens is 2. The number of aromatic amines is 1. The van der Waals surface area contributed by atoms with Crippen LogP contribution < -0.4 is 11.0 Å². The summed E-state index contributed by atoms with van der Waals surface area (Å²) in [6, 6.07) is 11.4. The van der Waals surface area contributed by atoms with Crippen molar-refractivity contribution < 1.29 is 0 Å². The molecule has 0 aliphatic carbocycles. The normalized spacial score (nSPS) is 10.1. The van der Waals surface area contributed by atoms with Gasteiger partial charge in [0, 0.05) is 28.8 Å². The third-order valence-corrected chi connectivity index (χ3v) is 3.31. The van der Waals surface area contributed by atoms with E-state index in [4.69, 9.17) is 0 Å². The number of aryl methyl sites for hydroxylation is 1. The molecule has 0 bridgehead atoms. The molecule has 100 valence electrons. The zero-order valence-corrected chi connectivity index (χ0v) is 11.9. The second kappa shape index (κ2) is 5.30. The van der Waals surface area contributed by atoms with Gasteiger partial charge in [-0.25, -0.2) is 4.98 Å². The lowest BCUT2D eigenvalue weighted by atomic mass is 9.92. The molecule has 0 aliphatic heterocycles. The first kappa shape index (κ1) is 13.2. The Balaban J connectivity index is 2.02. The second-order valence-corrected chi connectivity index (χ2v) is 5.05. The highest BCUT2D eigenvalue weighted by Crippen LogP contribution is 2.09. The fraction of sp³-hybridized carbons (Fsp3) is 0.0588. The molecule has 0 radical (unpaired) electrons. The number of H-pyrrole nitrogens is 1. The van der Waals surface area contributed by atoms with Crippen LogP contribution in [-0.4, -0.2) is 17.8 Å². The molecular weight excluding hydrogens is 259 g/mol. The summed E-state index contributed by atoms with van der Waals surface area (Å²) in [6.07, 6.45) is 1.68. The van der Waals surface area contributed by atoms with E-state index in [9.17, 15) is 4.79 Å². The predicted octanol–water partition coefficient (Wildman–Crippen LogP) is 0.890. The molecule has 0 saturated carbocycles. The summed E-state index contributed by atoms with van der Waals surface area (Å²) in [5, 5.41) is 0.877. The lowest BCUT2D eigenvalue weighted by Gasteiger charge is -1.99. The molecule has 3 aromatic rings. The van der Waals surface area contributed by atoms with Gasteiger partial charge in [0.05, 0.1) is 0 Å². The maximum absolute atomic E-state index is 11.2. The van der Waals surface area contributed by atoms with Crippen molar-refractivity contribution in [2.24, 2.45) is 0 Å². The van der Waals surface area contributed by atoms with Crippen LogP contribution in [0.25, 0.3) is 11.0 Å². The summed E-state index contributed by atoms with van der Waals surface area (Å²) in [5.41, 5.74) is 4.64. The van der Waals surface area contributed by atoms with E-state index >= 15 is 0 Å².